The maximum Gasteiger partial charge on any atom is 0.255 e. The fraction of sp³-hybridized carbons (Fsp3) is 0.600. The summed E-state index contributed by atoms with van der Waals surface area (Å²) >= 11 is 0. The molecule has 0 radical (unpaired) electrons. The van der Waals surface area contributed by atoms with Gasteiger partial charge in [0.25, 0.3) is 5.91 Å². The number of hydrogen-bond donors (Lipinski definition) is 1. The fourth-order valence-electron chi connectivity index (χ4n) is 2.78. The molecule has 2 rings (SSSR count). The van der Waals surface area contributed by atoms with E-state index in [-0.39, 0.29) is 5.91 Å². The molecule has 1 N–H and O–H groups in total. The number of carbonyl (C=O) groups excluding carboxylic acids is 1. The van der Waals surface area contributed by atoms with Crippen LogP contribution in [0.25, 0.3) is 0 Å². The summed E-state index contributed by atoms with van der Waals surface area (Å²) in [5.41, 5.74) is 1.55. The first-order valence-electron chi connectivity index (χ1n) is 7.15. The van der Waals surface area contributed by atoms with Crippen molar-refractivity contribution in [3.05, 3.63) is 24.0 Å². The van der Waals surface area contributed by atoms with Gasteiger partial charge in [-0.15, -0.1) is 0 Å². The lowest BCUT2D eigenvalue weighted by Gasteiger charge is -2.22. The van der Waals surface area contributed by atoms with Crippen molar-refractivity contribution in [1.29, 1.82) is 0 Å². The van der Waals surface area contributed by atoms with Gasteiger partial charge in [-0.25, -0.2) is 0 Å². The van der Waals surface area contributed by atoms with Crippen LogP contribution in [0.4, 0.5) is 5.69 Å². The molecule has 1 saturated carbocycles. The lowest BCUT2D eigenvalue weighted by atomic mass is 10.1. The van der Waals surface area contributed by atoms with Crippen molar-refractivity contribution in [2.45, 2.75) is 32.6 Å². The quantitative estimate of drug-likeness (QED) is 0.886. The average Bonchev–Trinajstić information content (AvgIpc) is 2.92. The molecule has 19 heavy (non-hydrogen) atoms. The highest BCUT2D eigenvalue weighted by Crippen LogP contribution is 2.26. The molecule has 0 spiro atoms. The molecule has 4 heteroatoms. The predicted molar refractivity (Wildman–Crippen MR) is 77.3 cm³/mol. The zero-order valence-electron chi connectivity index (χ0n) is 11.9. The Morgan fingerprint density at radius 3 is 2.89 bits per heavy atom. The van der Waals surface area contributed by atoms with Crippen LogP contribution in [0.15, 0.2) is 18.5 Å². The molecule has 0 unspecified atom stereocenters. The molecule has 1 aromatic heterocycles. The Kier molecular flexibility index (Phi) is 4.77. The first kappa shape index (κ1) is 13.8. The Labute approximate surface area is 115 Å². The first-order valence-corrected chi connectivity index (χ1v) is 7.15. The van der Waals surface area contributed by atoms with E-state index in [0.717, 1.165) is 24.3 Å². The van der Waals surface area contributed by atoms with Crippen molar-refractivity contribution in [3.8, 4) is 0 Å². The molecule has 1 aliphatic carbocycles. The first-order chi connectivity index (χ1) is 9.22. The molecule has 1 aromatic rings. The summed E-state index contributed by atoms with van der Waals surface area (Å²) in [4.78, 5) is 18.4. The van der Waals surface area contributed by atoms with Crippen LogP contribution < -0.4 is 5.32 Å². The highest BCUT2D eigenvalue weighted by atomic mass is 16.2. The van der Waals surface area contributed by atoms with Crippen LogP contribution in [0.3, 0.4) is 0 Å². The second-order valence-corrected chi connectivity index (χ2v) is 5.29. The lowest BCUT2D eigenvalue weighted by Crippen LogP contribution is -2.31. The van der Waals surface area contributed by atoms with Gasteiger partial charge in [0.05, 0.1) is 17.4 Å². The van der Waals surface area contributed by atoms with E-state index in [2.05, 4.69) is 10.3 Å². The lowest BCUT2D eigenvalue weighted by molar-refractivity contribution is 0.0774. The van der Waals surface area contributed by atoms with Gasteiger partial charge in [-0.1, -0.05) is 12.8 Å². The number of pyridine rings is 1. The van der Waals surface area contributed by atoms with Gasteiger partial charge in [-0.05, 0) is 31.7 Å². The highest BCUT2D eigenvalue weighted by Gasteiger charge is 2.21. The van der Waals surface area contributed by atoms with Crippen LogP contribution in [-0.4, -0.2) is 35.9 Å². The van der Waals surface area contributed by atoms with Gasteiger partial charge >= 0.3 is 0 Å². The number of nitrogens with one attached hydrogen (secondary N) is 1. The number of nitrogens with zero attached hydrogens (tertiary/aromatic N) is 2. The van der Waals surface area contributed by atoms with Crippen molar-refractivity contribution in [3.63, 3.8) is 0 Å². The molecule has 0 aromatic carbocycles. The van der Waals surface area contributed by atoms with Gasteiger partial charge in [0.2, 0.25) is 0 Å². The van der Waals surface area contributed by atoms with E-state index in [1.54, 1.807) is 18.5 Å². The van der Waals surface area contributed by atoms with E-state index in [4.69, 9.17) is 0 Å². The maximum atomic E-state index is 12.5. The van der Waals surface area contributed by atoms with Crippen LogP contribution in [-0.2, 0) is 0 Å². The van der Waals surface area contributed by atoms with E-state index in [1.807, 2.05) is 18.9 Å². The Hall–Kier alpha value is -1.58. The van der Waals surface area contributed by atoms with E-state index in [0.29, 0.717) is 5.92 Å². The summed E-state index contributed by atoms with van der Waals surface area (Å²) < 4.78 is 0. The zero-order chi connectivity index (χ0) is 13.7. The van der Waals surface area contributed by atoms with E-state index < -0.39 is 0 Å². The van der Waals surface area contributed by atoms with Crippen molar-refractivity contribution in [2.75, 3.05) is 25.5 Å². The van der Waals surface area contributed by atoms with Gasteiger partial charge in [0.15, 0.2) is 0 Å². The molecule has 1 amide bonds. The third kappa shape index (κ3) is 3.46. The number of anilines is 1. The summed E-state index contributed by atoms with van der Waals surface area (Å²) in [5, 5.41) is 3.20. The Morgan fingerprint density at radius 2 is 2.21 bits per heavy atom. The minimum Gasteiger partial charge on any atom is -0.383 e. The summed E-state index contributed by atoms with van der Waals surface area (Å²) in [6.45, 7) is 3.68. The smallest absolute Gasteiger partial charge is 0.255 e. The third-order valence-electron chi connectivity index (χ3n) is 3.77. The normalized spacial score (nSPS) is 15.5. The van der Waals surface area contributed by atoms with Crippen molar-refractivity contribution in [1.82, 2.24) is 9.88 Å². The standard InChI is InChI=1S/C15H23N3O/c1-3-17-14-10-16-9-8-13(14)15(19)18(2)11-12-6-4-5-7-12/h8-10,12,17H,3-7,11H2,1-2H3. The van der Waals surface area contributed by atoms with Crippen LogP contribution in [0.2, 0.25) is 0 Å². The summed E-state index contributed by atoms with van der Waals surface area (Å²) in [6, 6.07) is 1.80. The van der Waals surface area contributed by atoms with Crippen molar-refractivity contribution < 1.29 is 4.79 Å². The Bertz CT molecular complexity index is 427. The summed E-state index contributed by atoms with van der Waals surface area (Å²) in [6.07, 6.45) is 8.54. The molecule has 1 heterocycles. The van der Waals surface area contributed by atoms with E-state index in [9.17, 15) is 4.79 Å². The highest BCUT2D eigenvalue weighted by molar-refractivity contribution is 5.99. The Morgan fingerprint density at radius 1 is 1.47 bits per heavy atom. The fourth-order valence-corrected chi connectivity index (χ4v) is 2.78. The molecule has 0 bridgehead atoms. The van der Waals surface area contributed by atoms with Crippen LogP contribution in [0, 0.1) is 5.92 Å². The van der Waals surface area contributed by atoms with Gasteiger partial charge in [0.1, 0.15) is 0 Å². The second kappa shape index (κ2) is 6.55. The number of amides is 1. The summed E-state index contributed by atoms with van der Waals surface area (Å²) in [7, 11) is 1.90. The van der Waals surface area contributed by atoms with Crippen LogP contribution >= 0.6 is 0 Å². The minimum absolute atomic E-state index is 0.0882. The van der Waals surface area contributed by atoms with Gasteiger partial charge in [-0.2, -0.15) is 0 Å². The molecule has 0 atom stereocenters. The van der Waals surface area contributed by atoms with Crippen molar-refractivity contribution >= 4 is 11.6 Å². The minimum atomic E-state index is 0.0882. The largest absolute Gasteiger partial charge is 0.383 e. The predicted octanol–water partition coefficient (Wildman–Crippen LogP) is 2.78. The molecule has 1 aliphatic rings. The molecule has 0 saturated heterocycles. The van der Waals surface area contributed by atoms with Crippen LogP contribution in [0.5, 0.6) is 0 Å². The molecule has 0 aliphatic heterocycles. The van der Waals surface area contributed by atoms with Crippen LogP contribution in [0.1, 0.15) is 43.0 Å². The topological polar surface area (TPSA) is 45.2 Å². The van der Waals surface area contributed by atoms with E-state index in [1.165, 1.54) is 25.7 Å². The number of rotatable bonds is 5. The summed E-state index contributed by atoms with van der Waals surface area (Å²) in [5.74, 6) is 0.767. The molecule has 4 nitrogen and oxygen atoms in total. The second-order valence-electron chi connectivity index (χ2n) is 5.29. The zero-order valence-corrected chi connectivity index (χ0v) is 11.9. The molecule has 104 valence electrons. The number of aromatic nitrogens is 1. The third-order valence-corrected chi connectivity index (χ3v) is 3.77. The maximum absolute atomic E-state index is 12.5. The monoisotopic (exact) mass is 261 g/mol. The molecular weight excluding hydrogens is 238 g/mol. The number of hydrogen-bond acceptors (Lipinski definition) is 3. The molecular formula is C15H23N3O. The van der Waals surface area contributed by atoms with Gasteiger partial charge in [-0.3, -0.25) is 9.78 Å². The molecule has 1 fully saturated rings. The Balaban J connectivity index is 2.05. The number of carbonyl (C=O) groups is 1. The van der Waals surface area contributed by atoms with Crippen molar-refractivity contribution in [2.24, 2.45) is 5.92 Å². The van der Waals surface area contributed by atoms with Gasteiger partial charge in [0, 0.05) is 26.3 Å². The van der Waals surface area contributed by atoms with E-state index >= 15 is 0 Å². The SMILES string of the molecule is CCNc1cnccc1C(=O)N(C)CC1CCCC1. The van der Waals surface area contributed by atoms with Gasteiger partial charge < -0.3 is 10.2 Å². The average molecular weight is 261 g/mol.